The number of benzene rings is 1. The highest BCUT2D eigenvalue weighted by atomic mass is 16.5. The molecule has 9 heteroatoms. The third-order valence-corrected chi connectivity index (χ3v) is 6.49. The van der Waals surface area contributed by atoms with E-state index in [-0.39, 0.29) is 36.2 Å². The summed E-state index contributed by atoms with van der Waals surface area (Å²) >= 11 is 0. The van der Waals surface area contributed by atoms with Gasteiger partial charge in [-0.3, -0.25) is 14.7 Å². The number of nitrogens with zero attached hydrogens (tertiary/aromatic N) is 3. The van der Waals surface area contributed by atoms with Gasteiger partial charge in [-0.1, -0.05) is 18.2 Å². The molecule has 2 aromatic heterocycles. The van der Waals surface area contributed by atoms with E-state index in [1.165, 1.54) is 0 Å². The van der Waals surface area contributed by atoms with Crippen LogP contribution in [0, 0.1) is 12.8 Å². The topological polar surface area (TPSA) is 116 Å². The monoisotopic (exact) mass is 436 g/mol. The lowest BCUT2D eigenvalue weighted by atomic mass is 9.99. The molecule has 0 radical (unpaired) electrons. The van der Waals surface area contributed by atoms with Crippen molar-refractivity contribution in [3.63, 3.8) is 0 Å². The van der Waals surface area contributed by atoms with Gasteiger partial charge in [-0.2, -0.15) is 5.10 Å². The molecule has 4 heterocycles. The average Bonchev–Trinajstić information content (AvgIpc) is 3.53. The van der Waals surface area contributed by atoms with Crippen LogP contribution in [0.3, 0.4) is 0 Å². The Labute approximate surface area is 185 Å². The largest absolute Gasteiger partial charge is 0.381 e. The molecule has 9 nitrogen and oxygen atoms in total. The van der Waals surface area contributed by atoms with E-state index in [2.05, 4.69) is 25.5 Å². The van der Waals surface area contributed by atoms with Crippen molar-refractivity contribution in [1.82, 2.24) is 30.4 Å². The smallest absolute Gasteiger partial charge is 0.227 e. The maximum absolute atomic E-state index is 13.4. The number of nitrogens with one attached hydrogen (secondary N) is 3. The van der Waals surface area contributed by atoms with Crippen LogP contribution < -0.4 is 5.32 Å². The molecule has 3 aromatic rings. The second kappa shape index (κ2) is 8.74. The quantitative estimate of drug-likeness (QED) is 0.566. The van der Waals surface area contributed by atoms with E-state index in [9.17, 15) is 9.59 Å². The number of rotatable bonds is 5. The molecular weight excluding hydrogens is 408 g/mol. The number of H-pyrrole nitrogens is 2. The number of amides is 2. The Hall–Kier alpha value is -3.20. The number of fused-ring (bicyclic) bond motifs is 1. The molecule has 0 aliphatic carbocycles. The van der Waals surface area contributed by atoms with Crippen molar-refractivity contribution >= 4 is 22.7 Å². The molecule has 0 unspecified atom stereocenters. The van der Waals surface area contributed by atoms with Crippen LogP contribution in [0.1, 0.15) is 42.5 Å². The molecule has 2 amide bonds. The number of aryl methyl sites for hydroxylation is 1. The molecule has 2 aliphatic rings. The van der Waals surface area contributed by atoms with E-state index >= 15 is 0 Å². The van der Waals surface area contributed by atoms with Gasteiger partial charge in [-0.05, 0) is 37.8 Å². The Bertz CT molecular complexity index is 1120. The molecule has 5 rings (SSSR count). The number of aromatic nitrogens is 4. The zero-order chi connectivity index (χ0) is 22.1. The highest BCUT2D eigenvalue weighted by molar-refractivity contribution is 5.89. The number of likely N-dealkylation sites (tertiary alicyclic amines) is 1. The van der Waals surface area contributed by atoms with Gasteiger partial charge < -0.3 is 19.9 Å². The molecular formula is C23H28N6O3. The van der Waals surface area contributed by atoms with Crippen molar-refractivity contribution in [2.45, 2.75) is 44.7 Å². The summed E-state index contributed by atoms with van der Waals surface area (Å²) in [6, 6.07) is 7.57. The predicted molar refractivity (Wildman–Crippen MR) is 118 cm³/mol. The second-order valence-corrected chi connectivity index (χ2v) is 8.71. The maximum Gasteiger partial charge on any atom is 0.227 e. The molecule has 2 saturated heterocycles. The van der Waals surface area contributed by atoms with Gasteiger partial charge >= 0.3 is 0 Å². The number of hydrogen-bond acceptors (Lipinski definition) is 5. The molecule has 1 aromatic carbocycles. The van der Waals surface area contributed by atoms with Crippen molar-refractivity contribution < 1.29 is 14.3 Å². The molecule has 0 saturated carbocycles. The molecule has 168 valence electrons. The Morgan fingerprint density at radius 3 is 2.84 bits per heavy atom. The summed E-state index contributed by atoms with van der Waals surface area (Å²) in [4.78, 5) is 35.7. The third kappa shape index (κ3) is 4.12. The van der Waals surface area contributed by atoms with Crippen molar-refractivity contribution in [3.05, 3.63) is 47.7 Å². The minimum atomic E-state index is -0.266. The normalized spacial score (nSPS) is 21.8. The second-order valence-electron chi connectivity index (χ2n) is 8.71. The van der Waals surface area contributed by atoms with Crippen LogP contribution in [-0.4, -0.2) is 62.7 Å². The minimum absolute atomic E-state index is 0.00465. The van der Waals surface area contributed by atoms with E-state index in [0.717, 1.165) is 29.3 Å². The van der Waals surface area contributed by atoms with Gasteiger partial charge in [0, 0.05) is 48.8 Å². The van der Waals surface area contributed by atoms with Crippen LogP contribution in [0.15, 0.2) is 30.5 Å². The first kappa shape index (κ1) is 20.7. The Morgan fingerprint density at radius 2 is 2.06 bits per heavy atom. The van der Waals surface area contributed by atoms with Crippen LogP contribution in [0.2, 0.25) is 0 Å². The maximum atomic E-state index is 13.4. The van der Waals surface area contributed by atoms with Crippen molar-refractivity contribution in [3.8, 4) is 0 Å². The zero-order valence-electron chi connectivity index (χ0n) is 18.1. The fourth-order valence-electron chi connectivity index (χ4n) is 4.79. The van der Waals surface area contributed by atoms with Gasteiger partial charge in [0.05, 0.1) is 12.5 Å². The van der Waals surface area contributed by atoms with Gasteiger partial charge in [0.15, 0.2) is 5.82 Å². The van der Waals surface area contributed by atoms with Crippen molar-refractivity contribution in [2.24, 2.45) is 5.92 Å². The van der Waals surface area contributed by atoms with Crippen LogP contribution in [0.25, 0.3) is 10.9 Å². The molecule has 0 bridgehead atoms. The SMILES string of the molecule is Cc1nc([C@@H]2C[C@H](NC(=O)C3CCOCC3)CN2C(=O)Cc2c[nH]c3ccccc23)n[nH]1. The Kier molecular flexibility index (Phi) is 5.65. The van der Waals surface area contributed by atoms with Gasteiger partial charge in [-0.25, -0.2) is 4.98 Å². The van der Waals surface area contributed by atoms with E-state index in [1.54, 1.807) is 0 Å². The summed E-state index contributed by atoms with van der Waals surface area (Å²) in [6.45, 7) is 3.54. The first-order chi connectivity index (χ1) is 15.6. The highest BCUT2D eigenvalue weighted by Gasteiger charge is 2.39. The summed E-state index contributed by atoms with van der Waals surface area (Å²) in [6.07, 6.45) is 4.27. The minimum Gasteiger partial charge on any atom is -0.381 e. The van der Waals surface area contributed by atoms with Crippen LogP contribution in [0.4, 0.5) is 0 Å². The lowest BCUT2D eigenvalue weighted by Gasteiger charge is -2.24. The molecule has 2 fully saturated rings. The summed E-state index contributed by atoms with van der Waals surface area (Å²) in [7, 11) is 0. The fraction of sp³-hybridized carbons (Fsp3) is 0.478. The summed E-state index contributed by atoms with van der Waals surface area (Å²) in [5.74, 6) is 1.33. The molecule has 32 heavy (non-hydrogen) atoms. The van der Waals surface area contributed by atoms with E-state index in [0.29, 0.717) is 37.8 Å². The third-order valence-electron chi connectivity index (χ3n) is 6.49. The van der Waals surface area contributed by atoms with Gasteiger partial charge in [-0.15, -0.1) is 0 Å². The lowest BCUT2D eigenvalue weighted by Crippen LogP contribution is -2.42. The van der Waals surface area contributed by atoms with E-state index in [4.69, 9.17) is 4.74 Å². The average molecular weight is 437 g/mol. The molecule has 2 atom stereocenters. The zero-order valence-corrected chi connectivity index (χ0v) is 18.1. The van der Waals surface area contributed by atoms with Crippen molar-refractivity contribution in [2.75, 3.05) is 19.8 Å². The molecule has 3 N–H and O–H groups in total. The number of carbonyl (C=O) groups excluding carboxylic acids is 2. The van der Waals surface area contributed by atoms with Crippen LogP contribution >= 0.6 is 0 Å². The number of ether oxygens (including phenoxy) is 1. The fourth-order valence-corrected chi connectivity index (χ4v) is 4.79. The Balaban J connectivity index is 1.33. The van der Waals surface area contributed by atoms with Crippen molar-refractivity contribution in [1.29, 1.82) is 0 Å². The predicted octanol–water partition coefficient (Wildman–Crippen LogP) is 2.02. The van der Waals surface area contributed by atoms with Gasteiger partial charge in [0.1, 0.15) is 5.82 Å². The van der Waals surface area contributed by atoms with Gasteiger partial charge in [0.25, 0.3) is 0 Å². The van der Waals surface area contributed by atoms with Gasteiger partial charge in [0.2, 0.25) is 11.8 Å². The Morgan fingerprint density at radius 1 is 1.25 bits per heavy atom. The van der Waals surface area contributed by atoms with E-state index < -0.39 is 0 Å². The molecule has 0 spiro atoms. The first-order valence-electron chi connectivity index (χ1n) is 11.2. The lowest BCUT2D eigenvalue weighted by molar-refractivity contribution is -0.132. The number of aromatic amines is 2. The number of para-hydroxylation sites is 1. The summed E-state index contributed by atoms with van der Waals surface area (Å²) in [5, 5.41) is 11.4. The number of hydrogen-bond donors (Lipinski definition) is 3. The van der Waals surface area contributed by atoms with Crippen LogP contribution in [-0.2, 0) is 20.7 Å². The standard InChI is InChI=1S/C23H28N6O3/c1-14-25-22(28-27-14)20-11-17(26-23(31)15-6-8-32-9-7-15)13-29(20)21(30)10-16-12-24-19-5-3-2-4-18(16)19/h2-5,12,15,17,20,24H,6-11,13H2,1H3,(H,26,31)(H,25,27,28)/t17-,20-/m0/s1. The molecule has 2 aliphatic heterocycles. The number of carbonyl (C=O) groups is 2. The summed E-state index contributed by atoms with van der Waals surface area (Å²) in [5.41, 5.74) is 1.98. The highest BCUT2D eigenvalue weighted by Crippen LogP contribution is 2.32. The first-order valence-corrected chi connectivity index (χ1v) is 11.2. The summed E-state index contributed by atoms with van der Waals surface area (Å²) < 4.78 is 5.37. The van der Waals surface area contributed by atoms with Crippen LogP contribution in [0.5, 0.6) is 0 Å². The van der Waals surface area contributed by atoms with E-state index in [1.807, 2.05) is 42.3 Å².